The van der Waals surface area contributed by atoms with Crippen molar-refractivity contribution in [3.8, 4) is 0 Å². The summed E-state index contributed by atoms with van der Waals surface area (Å²) in [6.07, 6.45) is 11.2. The summed E-state index contributed by atoms with van der Waals surface area (Å²) in [5, 5.41) is 9.04. The van der Waals surface area contributed by atoms with Gasteiger partial charge in [0, 0.05) is 3.42 Å². The lowest BCUT2D eigenvalue weighted by molar-refractivity contribution is 0.0539. The first-order chi connectivity index (χ1) is 15.3. The molecule has 5 nitrogen and oxygen atoms in total. The zero-order valence-electron chi connectivity index (χ0n) is 20.2. The van der Waals surface area contributed by atoms with Gasteiger partial charge >= 0.3 is 5.97 Å². The first kappa shape index (κ1) is 26.7. The number of aromatic carboxylic acids is 1. The number of hydrogen-bond acceptors (Lipinski definition) is 4. The van der Waals surface area contributed by atoms with E-state index in [1.54, 1.807) is 5.57 Å². The minimum absolute atomic E-state index is 0.00555. The molecule has 3 rings (SSSR count). The second-order valence-corrected chi connectivity index (χ2v) is 15.1. The van der Waals surface area contributed by atoms with Crippen LogP contribution in [0.3, 0.4) is 0 Å². The fraction of sp³-hybridized carbons (Fsp3) is 0.654. The molecule has 1 N–H and O–H groups in total. The van der Waals surface area contributed by atoms with Crippen molar-refractivity contribution < 1.29 is 22.5 Å². The zero-order valence-corrected chi connectivity index (χ0v) is 23.2. The van der Waals surface area contributed by atoms with Crippen molar-refractivity contribution in [2.75, 3.05) is 6.61 Å². The van der Waals surface area contributed by atoms with Gasteiger partial charge in [0.05, 0.1) is 17.1 Å². The molecule has 7 heteroatoms. The second-order valence-electron chi connectivity index (χ2n) is 10.9. The van der Waals surface area contributed by atoms with Crippen LogP contribution in [-0.4, -0.2) is 29.5 Å². The lowest BCUT2D eigenvalue weighted by atomic mass is 9.57. The van der Waals surface area contributed by atoms with Crippen LogP contribution < -0.4 is 0 Å². The number of hydrogen-bond donors (Lipinski definition) is 1. The summed E-state index contributed by atoms with van der Waals surface area (Å²) < 4.78 is 31.4. The summed E-state index contributed by atoms with van der Waals surface area (Å²) in [5.74, 6) is -0.495. The molecule has 0 bridgehead atoms. The van der Waals surface area contributed by atoms with Crippen LogP contribution in [0.1, 0.15) is 89.4 Å². The van der Waals surface area contributed by atoms with E-state index in [2.05, 4.69) is 56.4 Å². The molecule has 0 heterocycles. The van der Waals surface area contributed by atoms with Gasteiger partial charge in [0.15, 0.2) is 0 Å². The Morgan fingerprint density at radius 2 is 1.85 bits per heavy atom. The van der Waals surface area contributed by atoms with Gasteiger partial charge in [0.1, 0.15) is 0 Å². The highest BCUT2D eigenvalue weighted by molar-refractivity contribution is 14.1. The fourth-order valence-electron chi connectivity index (χ4n) is 5.99. The Kier molecular flexibility index (Phi) is 8.06. The van der Waals surface area contributed by atoms with Gasteiger partial charge in [-0.3, -0.25) is 4.18 Å². The maximum absolute atomic E-state index is 12.8. The smallest absolute Gasteiger partial charge is 0.335 e. The Balaban J connectivity index is 1.75. The van der Waals surface area contributed by atoms with Crippen LogP contribution in [0, 0.1) is 16.7 Å². The Bertz CT molecular complexity index is 998. The predicted molar refractivity (Wildman–Crippen MR) is 139 cm³/mol. The van der Waals surface area contributed by atoms with Gasteiger partial charge in [-0.1, -0.05) is 74.8 Å². The van der Waals surface area contributed by atoms with Gasteiger partial charge in [0.2, 0.25) is 0 Å². The molecule has 33 heavy (non-hydrogen) atoms. The largest absolute Gasteiger partial charge is 0.478 e. The molecule has 1 saturated carbocycles. The van der Waals surface area contributed by atoms with Crippen molar-refractivity contribution in [3.05, 3.63) is 41.5 Å². The Hall–Kier alpha value is -0.930. The maximum Gasteiger partial charge on any atom is 0.335 e. The highest BCUT2D eigenvalue weighted by Gasteiger charge is 2.45. The van der Waals surface area contributed by atoms with Crippen LogP contribution in [0.4, 0.5) is 0 Å². The Morgan fingerprint density at radius 1 is 1.18 bits per heavy atom. The molecule has 0 aromatic heterocycles. The molecule has 1 fully saturated rings. The van der Waals surface area contributed by atoms with E-state index < -0.39 is 16.1 Å². The Labute approximate surface area is 212 Å². The van der Waals surface area contributed by atoms with E-state index in [-0.39, 0.29) is 27.9 Å². The number of halogens is 1. The third-order valence-electron chi connectivity index (χ3n) is 7.47. The number of benzene rings is 1. The molecule has 0 saturated heterocycles. The molecule has 0 radical (unpaired) electrons. The van der Waals surface area contributed by atoms with Gasteiger partial charge < -0.3 is 5.11 Å². The number of allylic oxidation sites excluding steroid dienone is 2. The van der Waals surface area contributed by atoms with Gasteiger partial charge in [-0.15, -0.1) is 0 Å². The average Bonchev–Trinajstić information content (AvgIpc) is 2.72. The zero-order chi connectivity index (χ0) is 24.5. The first-order valence-corrected chi connectivity index (χ1v) is 14.4. The van der Waals surface area contributed by atoms with Gasteiger partial charge in [-0.2, -0.15) is 8.42 Å². The van der Waals surface area contributed by atoms with E-state index in [1.165, 1.54) is 43.5 Å². The highest BCUT2D eigenvalue weighted by Crippen LogP contribution is 2.56. The maximum atomic E-state index is 12.8. The molecule has 2 aliphatic carbocycles. The lowest BCUT2D eigenvalue weighted by Gasteiger charge is -2.49. The number of alkyl halides is 1. The quantitative estimate of drug-likeness (QED) is 0.153. The van der Waals surface area contributed by atoms with Crippen LogP contribution in [0.5, 0.6) is 0 Å². The van der Waals surface area contributed by atoms with E-state index in [4.69, 9.17) is 9.29 Å². The molecule has 0 aliphatic heterocycles. The van der Waals surface area contributed by atoms with Crippen LogP contribution in [0.15, 0.2) is 40.8 Å². The summed E-state index contributed by atoms with van der Waals surface area (Å²) in [7, 11) is -3.95. The Morgan fingerprint density at radius 3 is 2.45 bits per heavy atom. The molecule has 1 aromatic rings. The van der Waals surface area contributed by atoms with Crippen molar-refractivity contribution in [2.45, 2.75) is 87.4 Å². The topological polar surface area (TPSA) is 80.7 Å². The van der Waals surface area contributed by atoms with E-state index in [0.717, 1.165) is 32.1 Å². The molecule has 1 aromatic carbocycles. The van der Waals surface area contributed by atoms with Crippen molar-refractivity contribution in [1.82, 2.24) is 0 Å². The monoisotopic (exact) mass is 588 g/mol. The van der Waals surface area contributed by atoms with Crippen LogP contribution in [-0.2, 0) is 14.3 Å². The van der Waals surface area contributed by atoms with Gasteiger partial charge in [-0.05, 0) is 79.5 Å². The molecular formula is C26H37IO5S. The van der Waals surface area contributed by atoms with Crippen molar-refractivity contribution in [3.63, 3.8) is 0 Å². The molecule has 1 unspecified atom stereocenters. The third kappa shape index (κ3) is 6.40. The number of carboxylic acids is 1. The molecule has 184 valence electrons. The summed E-state index contributed by atoms with van der Waals surface area (Å²) in [6.45, 7) is 9.26. The summed E-state index contributed by atoms with van der Waals surface area (Å²) >= 11 is 2.61. The van der Waals surface area contributed by atoms with Crippen LogP contribution in [0.25, 0.3) is 0 Å². The van der Waals surface area contributed by atoms with Crippen molar-refractivity contribution >= 4 is 38.7 Å². The van der Waals surface area contributed by atoms with Gasteiger partial charge in [0.25, 0.3) is 10.1 Å². The summed E-state index contributed by atoms with van der Waals surface area (Å²) in [5.41, 5.74) is 1.46. The first-order valence-electron chi connectivity index (χ1n) is 11.9. The number of carbonyl (C=O) groups is 1. The van der Waals surface area contributed by atoms with Gasteiger partial charge in [-0.25, -0.2) is 4.79 Å². The molecular weight excluding hydrogens is 551 g/mol. The summed E-state index contributed by atoms with van der Waals surface area (Å²) in [6, 6.07) is 5.19. The number of carboxylic acid groups (broad SMARTS) is 1. The van der Waals surface area contributed by atoms with Crippen molar-refractivity contribution in [2.24, 2.45) is 16.7 Å². The fourth-order valence-corrected chi connectivity index (χ4v) is 7.78. The SMILES string of the molecule is CCCC1C[C@@](C)(I)CC=C1[C@]1(C)CCC[C@@](C)(COS(=O)(=O)c2ccc(C(=O)O)cc2)C1. The molecule has 0 spiro atoms. The van der Waals surface area contributed by atoms with Crippen molar-refractivity contribution in [1.29, 1.82) is 0 Å². The minimum atomic E-state index is -3.95. The highest BCUT2D eigenvalue weighted by atomic mass is 127. The van der Waals surface area contributed by atoms with Crippen LogP contribution in [0.2, 0.25) is 0 Å². The minimum Gasteiger partial charge on any atom is -0.478 e. The normalized spacial score (nSPS) is 32.9. The molecule has 2 aliphatic rings. The molecule has 0 amide bonds. The van der Waals surface area contributed by atoms with E-state index in [0.29, 0.717) is 9.34 Å². The van der Waals surface area contributed by atoms with E-state index >= 15 is 0 Å². The van der Waals surface area contributed by atoms with Crippen LogP contribution >= 0.6 is 22.6 Å². The lowest BCUT2D eigenvalue weighted by Crippen LogP contribution is -2.41. The van der Waals surface area contributed by atoms with E-state index in [1.807, 2.05) is 0 Å². The standard InChI is InChI=1S/C26H37IO5S/c1-5-7-20-16-26(4,27)15-12-22(20)25(3)14-6-13-24(2,17-25)18-32-33(30,31)21-10-8-19(9-11-21)23(28)29/h8-12,20H,5-7,13-18H2,1-4H3,(H,28,29)/t20?,24-,25-,26+/m1/s1. The second kappa shape index (κ2) is 9.97. The molecule has 4 atom stereocenters. The predicted octanol–water partition coefficient (Wildman–Crippen LogP) is 7.01. The van der Waals surface area contributed by atoms with E-state index in [9.17, 15) is 13.2 Å². The summed E-state index contributed by atoms with van der Waals surface area (Å²) in [4.78, 5) is 11.0. The third-order valence-corrected chi connectivity index (χ3v) is 9.63. The average molecular weight is 589 g/mol. The number of rotatable bonds is 8.